The Morgan fingerprint density at radius 1 is 1.42 bits per heavy atom. The van der Waals surface area contributed by atoms with Gasteiger partial charge in [0.1, 0.15) is 5.82 Å². The average molecular weight is 286 g/mol. The molecule has 1 aliphatic carbocycles. The first-order valence-electron chi connectivity index (χ1n) is 6.39. The summed E-state index contributed by atoms with van der Waals surface area (Å²) in [5.74, 6) is 0.0375. The highest BCUT2D eigenvalue weighted by Gasteiger charge is 2.31. The van der Waals surface area contributed by atoms with E-state index in [1.807, 2.05) is 6.92 Å². The Labute approximate surface area is 113 Å². The molecule has 106 valence electrons. The molecule has 6 heteroatoms. The summed E-state index contributed by atoms with van der Waals surface area (Å²) < 4.78 is 40.5. The van der Waals surface area contributed by atoms with Gasteiger partial charge in [-0.05, 0) is 50.9 Å². The Morgan fingerprint density at radius 3 is 2.68 bits per heavy atom. The minimum Gasteiger partial charge on any atom is -0.316 e. The number of halogens is 1. The van der Waals surface area contributed by atoms with Crippen LogP contribution in [0, 0.1) is 11.7 Å². The molecule has 1 unspecified atom stereocenters. The van der Waals surface area contributed by atoms with Crippen LogP contribution in [0.1, 0.15) is 25.3 Å². The average Bonchev–Trinajstić information content (AvgIpc) is 3.15. The van der Waals surface area contributed by atoms with E-state index in [1.54, 1.807) is 7.05 Å². The van der Waals surface area contributed by atoms with Crippen LogP contribution in [0.5, 0.6) is 0 Å². The van der Waals surface area contributed by atoms with Gasteiger partial charge in [-0.2, -0.15) is 0 Å². The molecule has 1 aliphatic rings. The van der Waals surface area contributed by atoms with E-state index in [0.29, 0.717) is 18.0 Å². The van der Waals surface area contributed by atoms with Gasteiger partial charge in [0, 0.05) is 18.2 Å². The molecule has 0 bridgehead atoms. The van der Waals surface area contributed by atoms with Gasteiger partial charge in [-0.1, -0.05) is 0 Å². The van der Waals surface area contributed by atoms with Crippen LogP contribution in [-0.2, 0) is 16.6 Å². The molecule has 1 fully saturated rings. The largest absolute Gasteiger partial charge is 0.316 e. The zero-order chi connectivity index (χ0) is 14.0. The highest BCUT2D eigenvalue weighted by molar-refractivity contribution is 7.89. The number of hydrogen-bond donors (Lipinski definition) is 2. The molecule has 0 saturated heterocycles. The fourth-order valence-corrected chi connectivity index (χ4v) is 3.41. The lowest BCUT2D eigenvalue weighted by Crippen LogP contribution is -2.34. The van der Waals surface area contributed by atoms with Crippen molar-refractivity contribution in [2.75, 3.05) is 7.05 Å². The van der Waals surface area contributed by atoms with E-state index in [0.717, 1.165) is 12.8 Å². The molecule has 0 aliphatic heterocycles. The van der Waals surface area contributed by atoms with E-state index in [4.69, 9.17) is 0 Å². The molecule has 1 atom stereocenters. The predicted octanol–water partition coefficient (Wildman–Crippen LogP) is 1.62. The monoisotopic (exact) mass is 286 g/mol. The first-order chi connectivity index (χ1) is 8.94. The molecular weight excluding hydrogens is 267 g/mol. The zero-order valence-electron chi connectivity index (χ0n) is 11.1. The van der Waals surface area contributed by atoms with E-state index in [-0.39, 0.29) is 10.9 Å². The maximum Gasteiger partial charge on any atom is 0.240 e. The molecule has 0 amide bonds. The van der Waals surface area contributed by atoms with Gasteiger partial charge in [-0.3, -0.25) is 0 Å². The van der Waals surface area contributed by atoms with Crippen molar-refractivity contribution >= 4 is 10.0 Å². The van der Waals surface area contributed by atoms with Gasteiger partial charge in [-0.15, -0.1) is 0 Å². The number of sulfonamides is 1. The first-order valence-corrected chi connectivity index (χ1v) is 7.87. The van der Waals surface area contributed by atoms with Gasteiger partial charge in [0.05, 0.1) is 4.90 Å². The van der Waals surface area contributed by atoms with Crippen molar-refractivity contribution in [1.82, 2.24) is 10.0 Å². The van der Waals surface area contributed by atoms with Crippen LogP contribution >= 0.6 is 0 Å². The Bertz CT molecular complexity index is 556. The molecular formula is C13H19FN2O2S. The lowest BCUT2D eigenvalue weighted by atomic mass is 10.2. The molecule has 1 saturated carbocycles. The summed E-state index contributed by atoms with van der Waals surface area (Å²) in [6.07, 6.45) is 2.14. The maximum atomic E-state index is 13.5. The Hall–Kier alpha value is -0.980. The van der Waals surface area contributed by atoms with Crippen LogP contribution in [0.15, 0.2) is 23.1 Å². The topological polar surface area (TPSA) is 58.2 Å². The standard InChI is InChI=1S/C13H19FN2O2S/c1-9(10-3-4-10)16-19(17,18)12-5-6-13(14)11(7-12)8-15-2/h5-7,9-10,15-16H,3-4,8H2,1-2H3. The van der Waals surface area contributed by atoms with E-state index in [2.05, 4.69) is 10.0 Å². The SMILES string of the molecule is CNCc1cc(S(=O)(=O)NC(C)C2CC2)ccc1F. The number of rotatable bonds is 6. The molecule has 1 aromatic carbocycles. The normalized spacial score (nSPS) is 17.4. The van der Waals surface area contributed by atoms with Crippen LogP contribution in [-0.4, -0.2) is 21.5 Å². The van der Waals surface area contributed by atoms with Crippen LogP contribution in [0.4, 0.5) is 4.39 Å². The van der Waals surface area contributed by atoms with Crippen LogP contribution in [0.25, 0.3) is 0 Å². The molecule has 0 aromatic heterocycles. The van der Waals surface area contributed by atoms with Gasteiger partial charge in [0.25, 0.3) is 0 Å². The molecule has 1 aromatic rings. The smallest absolute Gasteiger partial charge is 0.240 e. The second-order valence-corrected chi connectivity index (χ2v) is 6.74. The van der Waals surface area contributed by atoms with Crippen molar-refractivity contribution < 1.29 is 12.8 Å². The Morgan fingerprint density at radius 2 is 2.11 bits per heavy atom. The van der Waals surface area contributed by atoms with Gasteiger partial charge >= 0.3 is 0 Å². The molecule has 0 heterocycles. The second-order valence-electron chi connectivity index (χ2n) is 5.03. The molecule has 4 nitrogen and oxygen atoms in total. The summed E-state index contributed by atoms with van der Waals surface area (Å²) in [4.78, 5) is 0.117. The van der Waals surface area contributed by atoms with Crippen LogP contribution in [0.2, 0.25) is 0 Å². The molecule has 0 spiro atoms. The van der Waals surface area contributed by atoms with Crippen molar-refractivity contribution in [3.63, 3.8) is 0 Å². The Kier molecular flexibility index (Phi) is 4.23. The molecule has 19 heavy (non-hydrogen) atoms. The number of hydrogen-bond acceptors (Lipinski definition) is 3. The predicted molar refractivity (Wildman–Crippen MR) is 71.7 cm³/mol. The van der Waals surface area contributed by atoms with E-state index >= 15 is 0 Å². The molecule has 2 rings (SSSR count). The molecule has 2 N–H and O–H groups in total. The second kappa shape index (κ2) is 5.56. The molecule has 0 radical (unpaired) electrons. The number of benzene rings is 1. The first kappa shape index (κ1) is 14.4. The van der Waals surface area contributed by atoms with Gasteiger partial charge in [-0.25, -0.2) is 17.5 Å². The highest BCUT2D eigenvalue weighted by Crippen LogP contribution is 2.33. The minimum absolute atomic E-state index is 0.0668. The van der Waals surface area contributed by atoms with Crippen LogP contribution in [0.3, 0.4) is 0 Å². The fraction of sp³-hybridized carbons (Fsp3) is 0.538. The quantitative estimate of drug-likeness (QED) is 0.835. The van der Waals surface area contributed by atoms with Crippen molar-refractivity contribution in [3.8, 4) is 0 Å². The van der Waals surface area contributed by atoms with E-state index < -0.39 is 15.8 Å². The fourth-order valence-electron chi connectivity index (χ4n) is 2.05. The summed E-state index contributed by atoms with van der Waals surface area (Å²) >= 11 is 0. The lowest BCUT2D eigenvalue weighted by Gasteiger charge is -2.14. The van der Waals surface area contributed by atoms with Gasteiger partial charge in [0.2, 0.25) is 10.0 Å². The number of nitrogens with one attached hydrogen (secondary N) is 2. The van der Waals surface area contributed by atoms with E-state index in [9.17, 15) is 12.8 Å². The van der Waals surface area contributed by atoms with Crippen molar-refractivity contribution in [2.24, 2.45) is 5.92 Å². The van der Waals surface area contributed by atoms with Crippen molar-refractivity contribution in [3.05, 3.63) is 29.6 Å². The summed E-state index contributed by atoms with van der Waals surface area (Å²) in [5, 5.41) is 2.82. The maximum absolute atomic E-state index is 13.5. The highest BCUT2D eigenvalue weighted by atomic mass is 32.2. The van der Waals surface area contributed by atoms with Gasteiger partial charge < -0.3 is 5.32 Å². The van der Waals surface area contributed by atoms with Crippen molar-refractivity contribution in [2.45, 2.75) is 37.2 Å². The third kappa shape index (κ3) is 3.52. The Balaban J connectivity index is 2.21. The van der Waals surface area contributed by atoms with E-state index in [1.165, 1.54) is 18.2 Å². The third-order valence-electron chi connectivity index (χ3n) is 3.36. The summed E-state index contributed by atoms with van der Waals surface area (Å²) in [5.41, 5.74) is 0.351. The summed E-state index contributed by atoms with van der Waals surface area (Å²) in [6, 6.07) is 3.82. The summed E-state index contributed by atoms with van der Waals surface area (Å²) in [7, 11) is -1.88. The zero-order valence-corrected chi connectivity index (χ0v) is 11.9. The summed E-state index contributed by atoms with van der Waals surface area (Å²) in [6.45, 7) is 2.17. The minimum atomic E-state index is -3.57. The van der Waals surface area contributed by atoms with Crippen LogP contribution < -0.4 is 10.0 Å². The lowest BCUT2D eigenvalue weighted by molar-refractivity contribution is 0.537. The van der Waals surface area contributed by atoms with Crippen molar-refractivity contribution in [1.29, 1.82) is 0 Å². The van der Waals surface area contributed by atoms with Gasteiger partial charge in [0.15, 0.2) is 0 Å². The third-order valence-corrected chi connectivity index (χ3v) is 4.92.